The fraction of sp³-hybridized carbons (Fsp3) is 0.556. The molecule has 128 valence electrons. The zero-order chi connectivity index (χ0) is 16.8. The van der Waals surface area contributed by atoms with E-state index in [1.165, 1.54) is 4.90 Å². The molecule has 6 nitrogen and oxygen atoms in total. The minimum atomic E-state index is -0.314. The Balaban J connectivity index is 1.60. The van der Waals surface area contributed by atoms with Gasteiger partial charge in [-0.3, -0.25) is 9.59 Å². The van der Waals surface area contributed by atoms with Crippen molar-refractivity contribution in [3.8, 4) is 5.75 Å². The summed E-state index contributed by atoms with van der Waals surface area (Å²) in [6.45, 7) is 1.26. The lowest BCUT2D eigenvalue weighted by atomic mass is 9.81. The highest BCUT2D eigenvalue weighted by atomic mass is 16.5. The number of nitrogens with zero attached hydrogens (tertiary/aromatic N) is 2. The lowest BCUT2D eigenvalue weighted by Crippen LogP contribution is -2.34. The zero-order valence-corrected chi connectivity index (χ0v) is 14.0. The fourth-order valence-corrected chi connectivity index (χ4v) is 4.05. The van der Waals surface area contributed by atoms with Crippen LogP contribution >= 0.6 is 0 Å². The molecule has 0 saturated carbocycles. The van der Waals surface area contributed by atoms with E-state index in [1.807, 2.05) is 37.2 Å². The Kier molecular flexibility index (Phi) is 3.81. The Morgan fingerprint density at radius 1 is 1.12 bits per heavy atom. The summed E-state index contributed by atoms with van der Waals surface area (Å²) in [5.74, 6) is -0.326. The number of rotatable bonds is 5. The van der Waals surface area contributed by atoms with Crippen molar-refractivity contribution in [3.05, 3.63) is 24.3 Å². The summed E-state index contributed by atoms with van der Waals surface area (Å²) in [6, 6.07) is 7.27. The maximum absolute atomic E-state index is 12.9. The van der Waals surface area contributed by atoms with Gasteiger partial charge in [-0.15, -0.1) is 0 Å². The molecule has 1 aromatic rings. The monoisotopic (exact) mass is 330 g/mol. The number of para-hydroxylation sites is 2. The average molecular weight is 330 g/mol. The first kappa shape index (κ1) is 15.6. The number of carbonyl (C=O) groups is 2. The van der Waals surface area contributed by atoms with Gasteiger partial charge in [0.05, 0.1) is 29.7 Å². The van der Waals surface area contributed by atoms with Crippen LogP contribution in [0.2, 0.25) is 0 Å². The van der Waals surface area contributed by atoms with E-state index in [4.69, 9.17) is 9.47 Å². The second kappa shape index (κ2) is 5.86. The third kappa shape index (κ3) is 2.32. The number of fused-ring (bicyclic) bond motifs is 5. The predicted octanol–water partition coefficient (Wildman–Crippen LogP) is 1.29. The third-order valence-electron chi connectivity index (χ3n) is 5.19. The molecule has 0 spiro atoms. The average Bonchev–Trinajstić information content (AvgIpc) is 3.22. The van der Waals surface area contributed by atoms with Gasteiger partial charge in [-0.2, -0.15) is 0 Å². The SMILES string of the molecule is CN(C)CCOc1ccccc1N1C(=O)[C@@H]2[C@H](C1=O)[C@H]1CC[C@@H]2O1. The molecule has 0 radical (unpaired) electrons. The fourth-order valence-electron chi connectivity index (χ4n) is 4.05. The van der Waals surface area contributed by atoms with Crippen molar-refractivity contribution in [2.24, 2.45) is 11.8 Å². The van der Waals surface area contributed by atoms with Crippen molar-refractivity contribution >= 4 is 17.5 Å². The van der Waals surface area contributed by atoms with Crippen molar-refractivity contribution in [2.45, 2.75) is 25.0 Å². The molecule has 0 unspecified atom stereocenters. The first-order valence-corrected chi connectivity index (χ1v) is 8.48. The third-order valence-corrected chi connectivity index (χ3v) is 5.19. The maximum Gasteiger partial charge on any atom is 0.240 e. The smallest absolute Gasteiger partial charge is 0.240 e. The van der Waals surface area contributed by atoms with E-state index in [9.17, 15) is 9.59 Å². The summed E-state index contributed by atoms with van der Waals surface area (Å²) in [7, 11) is 3.94. The van der Waals surface area contributed by atoms with Gasteiger partial charge < -0.3 is 14.4 Å². The molecular weight excluding hydrogens is 308 g/mol. The molecule has 3 aliphatic rings. The van der Waals surface area contributed by atoms with Crippen LogP contribution in [0.3, 0.4) is 0 Å². The molecule has 24 heavy (non-hydrogen) atoms. The normalized spacial score (nSPS) is 31.2. The summed E-state index contributed by atoms with van der Waals surface area (Å²) < 4.78 is 11.6. The molecule has 6 heteroatoms. The number of likely N-dealkylation sites (N-methyl/N-ethyl adjacent to an activating group) is 1. The molecule has 2 amide bonds. The molecule has 0 aliphatic carbocycles. The van der Waals surface area contributed by atoms with E-state index in [-0.39, 0.29) is 35.9 Å². The van der Waals surface area contributed by atoms with E-state index in [0.717, 1.165) is 19.4 Å². The highest BCUT2D eigenvalue weighted by Crippen LogP contribution is 2.50. The maximum atomic E-state index is 12.9. The largest absolute Gasteiger partial charge is 0.490 e. The molecular formula is C18H22N2O4. The van der Waals surface area contributed by atoms with Crippen LogP contribution in [0, 0.1) is 11.8 Å². The molecule has 3 saturated heterocycles. The number of benzene rings is 1. The van der Waals surface area contributed by atoms with Crippen LogP contribution in [-0.2, 0) is 14.3 Å². The van der Waals surface area contributed by atoms with Gasteiger partial charge in [-0.1, -0.05) is 12.1 Å². The zero-order valence-electron chi connectivity index (χ0n) is 14.0. The Morgan fingerprint density at radius 3 is 2.38 bits per heavy atom. The van der Waals surface area contributed by atoms with Gasteiger partial charge >= 0.3 is 0 Å². The van der Waals surface area contributed by atoms with E-state index in [0.29, 0.717) is 18.0 Å². The van der Waals surface area contributed by atoms with Crippen LogP contribution in [0.25, 0.3) is 0 Å². The minimum absolute atomic E-state index is 0.0942. The summed E-state index contributed by atoms with van der Waals surface area (Å²) in [6.07, 6.45) is 1.56. The second-order valence-electron chi connectivity index (χ2n) is 6.97. The number of hydrogen-bond donors (Lipinski definition) is 0. The van der Waals surface area contributed by atoms with Crippen LogP contribution in [0.5, 0.6) is 5.75 Å². The predicted molar refractivity (Wildman–Crippen MR) is 87.9 cm³/mol. The van der Waals surface area contributed by atoms with Gasteiger partial charge in [0.15, 0.2) is 0 Å². The second-order valence-corrected chi connectivity index (χ2v) is 6.97. The van der Waals surface area contributed by atoms with Crippen molar-refractivity contribution < 1.29 is 19.1 Å². The summed E-state index contributed by atoms with van der Waals surface area (Å²) in [5, 5.41) is 0. The molecule has 1 aromatic carbocycles. The van der Waals surface area contributed by atoms with Crippen LogP contribution in [-0.4, -0.2) is 56.2 Å². The number of anilines is 1. The molecule has 0 aromatic heterocycles. The number of hydrogen-bond acceptors (Lipinski definition) is 5. The first-order chi connectivity index (χ1) is 11.6. The number of amides is 2. The van der Waals surface area contributed by atoms with Gasteiger partial charge in [0.1, 0.15) is 12.4 Å². The number of ether oxygens (including phenoxy) is 2. The van der Waals surface area contributed by atoms with Crippen LogP contribution in [0.15, 0.2) is 24.3 Å². The van der Waals surface area contributed by atoms with E-state index in [1.54, 1.807) is 6.07 Å². The topological polar surface area (TPSA) is 59.1 Å². The van der Waals surface area contributed by atoms with Gasteiger partial charge in [0.2, 0.25) is 11.8 Å². The van der Waals surface area contributed by atoms with Gasteiger partial charge in [-0.25, -0.2) is 4.90 Å². The minimum Gasteiger partial charge on any atom is -0.490 e. The van der Waals surface area contributed by atoms with Crippen molar-refractivity contribution in [2.75, 3.05) is 32.1 Å². The molecule has 0 N–H and O–H groups in total. The molecule has 3 aliphatic heterocycles. The Morgan fingerprint density at radius 2 is 1.75 bits per heavy atom. The van der Waals surface area contributed by atoms with Gasteiger partial charge in [-0.05, 0) is 39.1 Å². The Bertz CT molecular complexity index is 647. The van der Waals surface area contributed by atoms with E-state index >= 15 is 0 Å². The summed E-state index contributed by atoms with van der Waals surface area (Å²) in [5.41, 5.74) is 0.556. The van der Waals surface area contributed by atoms with E-state index in [2.05, 4.69) is 0 Å². The highest BCUT2D eigenvalue weighted by Gasteiger charge is 2.62. The Hall–Kier alpha value is -1.92. The van der Waals surface area contributed by atoms with Gasteiger partial charge in [0, 0.05) is 6.54 Å². The van der Waals surface area contributed by atoms with Gasteiger partial charge in [0.25, 0.3) is 0 Å². The Labute approximate surface area is 141 Å². The number of imide groups is 1. The summed E-state index contributed by atoms with van der Waals surface area (Å²) in [4.78, 5) is 29.1. The molecule has 4 atom stereocenters. The summed E-state index contributed by atoms with van der Waals surface area (Å²) >= 11 is 0. The van der Waals surface area contributed by atoms with Crippen LogP contribution in [0.1, 0.15) is 12.8 Å². The molecule has 3 heterocycles. The first-order valence-electron chi connectivity index (χ1n) is 8.48. The quantitative estimate of drug-likeness (QED) is 0.762. The molecule has 3 fully saturated rings. The number of carbonyl (C=O) groups excluding carboxylic acids is 2. The van der Waals surface area contributed by atoms with Crippen molar-refractivity contribution in [3.63, 3.8) is 0 Å². The van der Waals surface area contributed by atoms with E-state index < -0.39 is 0 Å². The molecule has 2 bridgehead atoms. The van der Waals surface area contributed by atoms with Crippen molar-refractivity contribution in [1.29, 1.82) is 0 Å². The molecule has 4 rings (SSSR count). The standard InChI is InChI=1S/C18H22N2O4/c1-19(2)9-10-23-12-6-4-3-5-11(12)20-17(21)15-13-7-8-14(24-13)16(15)18(20)22/h3-6,13-16H,7-10H2,1-2H3/t13-,14+,15-,16+. The highest BCUT2D eigenvalue weighted by molar-refractivity contribution is 6.23. The lowest BCUT2D eigenvalue weighted by Gasteiger charge is -2.21. The van der Waals surface area contributed by atoms with Crippen LogP contribution in [0.4, 0.5) is 5.69 Å². The van der Waals surface area contributed by atoms with Crippen LogP contribution < -0.4 is 9.64 Å². The van der Waals surface area contributed by atoms with Crippen molar-refractivity contribution in [1.82, 2.24) is 4.90 Å². The lowest BCUT2D eigenvalue weighted by molar-refractivity contribution is -0.124.